The Labute approximate surface area is 430 Å². The Morgan fingerprint density at radius 1 is 0.701 bits per heavy atom. The van der Waals surface area contributed by atoms with Gasteiger partial charge in [0.2, 0.25) is 11.8 Å². The summed E-state index contributed by atoms with van der Waals surface area (Å²) in [4.78, 5) is 74.0. The fourth-order valence-corrected chi connectivity index (χ4v) is 6.26. The molecule has 6 heterocycles. The van der Waals surface area contributed by atoms with Crippen molar-refractivity contribution in [2.45, 2.75) is 130 Å². The summed E-state index contributed by atoms with van der Waals surface area (Å²) < 4.78 is 10.5. The van der Waals surface area contributed by atoms with Crippen molar-refractivity contribution in [3.8, 4) is 0 Å². The number of carboxylic acids is 1. The van der Waals surface area contributed by atoms with E-state index in [0.717, 1.165) is 58.2 Å². The van der Waals surface area contributed by atoms with E-state index < -0.39 is 41.4 Å². The van der Waals surface area contributed by atoms with Crippen molar-refractivity contribution in [1.82, 2.24) is 30.1 Å². The molecule has 3 aliphatic heterocycles. The van der Waals surface area contributed by atoms with E-state index >= 15 is 0 Å². The zero-order valence-corrected chi connectivity index (χ0v) is 45.3. The number of rotatable bonds is 5. The van der Waals surface area contributed by atoms with Crippen molar-refractivity contribution in [2.75, 3.05) is 36.0 Å². The second kappa shape index (κ2) is 33.4. The number of hydrogen-bond donors (Lipinski definition) is 5. The van der Waals surface area contributed by atoms with E-state index in [1.54, 1.807) is 39.0 Å². The van der Waals surface area contributed by atoms with Crippen LogP contribution in [-0.4, -0.2) is 109 Å². The molecule has 3 aromatic rings. The van der Waals surface area contributed by atoms with Gasteiger partial charge in [-0.1, -0.05) is 18.2 Å². The number of nitrogen functional groups attached to an aromatic ring is 1. The Morgan fingerprint density at radius 3 is 1.46 bits per heavy atom. The van der Waals surface area contributed by atoms with Gasteiger partial charge in [0.25, 0.3) is 0 Å². The molecule has 24 heteroatoms. The molecule has 0 unspecified atom stereocenters. The molecule has 0 radical (unpaired) electrons. The number of amides is 4. The number of nitrogens with zero attached hydrogens (tertiary/aromatic N) is 5. The van der Waals surface area contributed by atoms with Crippen LogP contribution in [-0.2, 0) is 77.5 Å². The van der Waals surface area contributed by atoms with Crippen molar-refractivity contribution >= 4 is 127 Å². The molecular formula is C43H66ClN9O8S6. The van der Waals surface area contributed by atoms with Crippen molar-refractivity contribution in [2.24, 2.45) is 0 Å². The average molecular weight is 1060 g/mol. The fraction of sp³-hybridized carbons (Fsp3) is 0.535. The molecule has 0 saturated carbocycles. The maximum absolute atomic E-state index is 12.4. The molecule has 67 heavy (non-hydrogen) atoms. The third-order valence-electron chi connectivity index (χ3n) is 8.92. The quantitative estimate of drug-likeness (QED) is 0.177. The predicted octanol–water partition coefficient (Wildman–Crippen LogP) is 6.77. The van der Waals surface area contributed by atoms with Gasteiger partial charge in [-0.05, 0) is 144 Å². The second-order valence-electron chi connectivity index (χ2n) is 16.7. The van der Waals surface area contributed by atoms with Crippen LogP contribution in [0.1, 0.15) is 97.1 Å². The van der Waals surface area contributed by atoms with Crippen LogP contribution in [0.3, 0.4) is 0 Å². The van der Waals surface area contributed by atoms with Crippen LogP contribution < -0.4 is 21.7 Å². The van der Waals surface area contributed by atoms with E-state index in [-0.39, 0.29) is 43.8 Å². The summed E-state index contributed by atoms with van der Waals surface area (Å²) in [7, 11) is 0.917. The Morgan fingerprint density at radius 2 is 1.10 bits per heavy atom. The van der Waals surface area contributed by atoms with E-state index in [0.29, 0.717) is 43.4 Å². The minimum Gasteiger partial charge on any atom is -0.480 e. The Bertz CT molecular complexity index is 2040. The smallest absolute Gasteiger partial charge is 0.411 e. The molecule has 3 aliphatic rings. The average Bonchev–Trinajstić information content (AvgIpc) is 4.02. The van der Waals surface area contributed by atoms with Crippen molar-refractivity contribution in [1.29, 1.82) is 0 Å². The van der Waals surface area contributed by atoms with Crippen molar-refractivity contribution in [3.63, 3.8) is 0 Å². The molecule has 374 valence electrons. The number of carbonyl (C=O) groups is 5. The highest BCUT2D eigenvalue weighted by atomic mass is 35.5. The number of pyridine rings is 3. The number of ether oxygens (including phenoxy) is 2. The summed E-state index contributed by atoms with van der Waals surface area (Å²) in [6.07, 6.45) is 3.66. The zero-order valence-electron chi connectivity index (χ0n) is 39.4. The number of nitrogens with two attached hydrogens (primary N) is 1. The van der Waals surface area contributed by atoms with Gasteiger partial charge in [-0.3, -0.25) is 19.4 Å². The lowest BCUT2D eigenvalue weighted by molar-refractivity contribution is -0.142. The summed E-state index contributed by atoms with van der Waals surface area (Å²) in [5.41, 5.74) is 6.90. The number of hydrogen-bond acceptors (Lipinski definition) is 16. The van der Waals surface area contributed by atoms with Crippen LogP contribution in [0.15, 0.2) is 54.6 Å². The van der Waals surface area contributed by atoms with Gasteiger partial charge in [-0.2, -0.15) is 13.5 Å². The number of halogens is 1. The topological polar surface area (TPSA) is 231 Å². The van der Waals surface area contributed by atoms with Crippen LogP contribution in [0.2, 0.25) is 0 Å². The maximum Gasteiger partial charge on any atom is 0.411 e. The molecule has 3 saturated heterocycles. The Balaban J connectivity index is 0. The second-order valence-corrected chi connectivity index (χ2v) is 18.5. The maximum atomic E-state index is 12.4. The van der Waals surface area contributed by atoms with Gasteiger partial charge in [0.1, 0.15) is 40.7 Å². The van der Waals surface area contributed by atoms with E-state index in [1.807, 2.05) is 77.9 Å². The molecule has 6 rings (SSSR count). The summed E-state index contributed by atoms with van der Waals surface area (Å²) in [6, 6.07) is 15.3. The first-order valence-electron chi connectivity index (χ1n) is 20.8. The molecule has 4 amide bonds. The van der Waals surface area contributed by atoms with E-state index in [9.17, 15) is 24.0 Å². The molecule has 3 atom stereocenters. The van der Waals surface area contributed by atoms with Gasteiger partial charge >= 0.3 is 18.2 Å². The van der Waals surface area contributed by atoms with Crippen LogP contribution >= 0.6 is 25.9 Å². The van der Waals surface area contributed by atoms with Crippen LogP contribution in [0.4, 0.5) is 27.0 Å². The Hall–Kier alpha value is -4.10. The summed E-state index contributed by atoms with van der Waals surface area (Å²) in [5, 5.41) is 17.6. The lowest BCUT2D eigenvalue weighted by Crippen LogP contribution is -2.45. The summed E-state index contributed by atoms with van der Waals surface area (Å²) >= 11 is 15.6. The van der Waals surface area contributed by atoms with E-state index in [4.69, 9.17) is 20.3 Å². The first-order valence-corrected chi connectivity index (χ1v) is 24.8. The SMILES string of the molecule is CC(C)(C)OC(=O)N1CCC[C@H]1C(=O)O.Cc1cccc(N)n1.Cc1cccc(NC(=O)[C@@H]2CCCN2)n1.Cc1cccc(NC(=O)[C@@H]2CCCN2C(=O)OC(C)(C)C)n1.Cl.S.S=S.S=S=S. The predicted molar refractivity (Wildman–Crippen MR) is 284 cm³/mol. The minimum absolute atomic E-state index is 0. The van der Waals surface area contributed by atoms with E-state index in [2.05, 4.69) is 75.7 Å². The summed E-state index contributed by atoms with van der Waals surface area (Å²) in [6.45, 7) is 18.3. The lowest BCUT2D eigenvalue weighted by atomic mass is 10.2. The van der Waals surface area contributed by atoms with Gasteiger partial charge in [-0.25, -0.2) is 29.3 Å². The number of aromatic nitrogens is 3. The monoisotopic (exact) mass is 1060 g/mol. The number of carboxylic acid groups (broad SMARTS) is 1. The first kappa shape index (κ1) is 65.0. The minimum atomic E-state index is -0.960. The van der Waals surface area contributed by atoms with Gasteiger partial charge in [-0.15, -0.1) is 12.4 Å². The highest BCUT2D eigenvalue weighted by Gasteiger charge is 2.37. The van der Waals surface area contributed by atoms with Crippen molar-refractivity contribution < 1.29 is 38.6 Å². The number of aryl methyl sites for hydroxylation is 3. The van der Waals surface area contributed by atoms with Crippen LogP contribution in [0, 0.1) is 20.8 Å². The molecule has 3 fully saturated rings. The van der Waals surface area contributed by atoms with E-state index in [1.165, 1.54) is 9.80 Å². The number of nitrogens with one attached hydrogen (secondary N) is 3. The molecule has 3 aromatic heterocycles. The number of carbonyl (C=O) groups excluding carboxylic acids is 4. The standard InChI is InChI=1S/C16H23N3O3.C11H15N3O.C10H17NO4.C6H8N2.ClH.S3.S2.H2S/c1-11-7-5-9-13(17-11)18-14(20)12-8-6-10-19(12)15(21)22-16(2,3)4;1-8-4-2-6-10(13-8)14-11(15)9-5-3-7-12-9;1-10(2,3)15-9(14)11-6-4-5-7(11)8(12)13;1-5-3-2-4-6(7)8-5;;1-3-2;1-2;/h5,7,9,12H,6,8,10H2,1-4H3,(H,17,18,20);2,4,6,9,12H,3,5,7H2,1H3,(H,13,14,15);7H,4-6H2,1-3H3,(H,12,13);2-4H,1H3,(H2,7,8);1H;;;1H2/t12-;9-;7-;;;;;/m000...../s1. The highest BCUT2D eigenvalue weighted by molar-refractivity contribution is 8.37. The molecule has 0 bridgehead atoms. The van der Waals surface area contributed by atoms with Gasteiger partial charge < -0.3 is 36.3 Å². The molecule has 0 spiro atoms. The van der Waals surface area contributed by atoms with Crippen LogP contribution in [0.25, 0.3) is 0 Å². The van der Waals surface area contributed by atoms with Crippen LogP contribution in [0.5, 0.6) is 0 Å². The molecule has 6 N–H and O–H groups in total. The number of aliphatic carboxylic acids is 1. The number of likely N-dealkylation sites (tertiary alicyclic amines) is 2. The third-order valence-corrected chi connectivity index (χ3v) is 8.92. The van der Waals surface area contributed by atoms with Gasteiger partial charge in [0.15, 0.2) is 0 Å². The summed E-state index contributed by atoms with van der Waals surface area (Å²) in [5.74, 6) is 0.560. The molecular weight excluding hydrogens is 998 g/mol. The first-order chi connectivity index (χ1) is 30.5. The van der Waals surface area contributed by atoms with Crippen molar-refractivity contribution in [3.05, 3.63) is 71.7 Å². The Kier molecular flexibility index (Phi) is 32.4. The highest BCUT2D eigenvalue weighted by Crippen LogP contribution is 2.23. The fourth-order valence-electron chi connectivity index (χ4n) is 6.26. The largest absolute Gasteiger partial charge is 0.480 e. The third kappa shape index (κ3) is 26.9. The van der Waals surface area contributed by atoms with Gasteiger partial charge in [0.05, 0.1) is 6.04 Å². The molecule has 0 aliphatic carbocycles. The lowest BCUT2D eigenvalue weighted by Gasteiger charge is -2.27. The molecule has 0 aromatic carbocycles. The molecule has 17 nitrogen and oxygen atoms in total. The zero-order chi connectivity index (χ0) is 49.3. The van der Waals surface area contributed by atoms with Gasteiger partial charge in [0, 0.05) is 83.8 Å². The number of anilines is 3. The normalized spacial score (nSPS) is 16.6.